The van der Waals surface area contributed by atoms with Crippen molar-refractivity contribution >= 4 is 11.8 Å². The minimum atomic E-state index is -4.43. The second kappa shape index (κ2) is 5.23. The van der Waals surface area contributed by atoms with Gasteiger partial charge in [-0.2, -0.15) is 13.2 Å². The molecule has 1 aliphatic rings. The van der Waals surface area contributed by atoms with E-state index in [-0.39, 0.29) is 28.1 Å². The molecule has 1 aliphatic carbocycles. The van der Waals surface area contributed by atoms with Crippen LogP contribution in [-0.2, 0) is 0 Å². The molecule has 1 aromatic carbocycles. The molecule has 1 saturated carbocycles. The molecule has 0 bridgehead atoms. The molecule has 1 fully saturated rings. The van der Waals surface area contributed by atoms with E-state index in [9.17, 15) is 17.6 Å². The molecule has 0 unspecified atom stereocenters. The molecule has 0 amide bonds. The maximum absolute atomic E-state index is 13.0. The van der Waals surface area contributed by atoms with Gasteiger partial charge in [0.2, 0.25) is 0 Å². The first-order valence-electron chi connectivity index (χ1n) is 5.51. The second-order valence-corrected chi connectivity index (χ2v) is 5.19. The normalized spacial score (nSPS) is 15.8. The van der Waals surface area contributed by atoms with E-state index in [1.165, 1.54) is 6.07 Å². The van der Waals surface area contributed by atoms with Gasteiger partial charge in [0.15, 0.2) is 0 Å². The van der Waals surface area contributed by atoms with Gasteiger partial charge in [0.25, 0.3) is 0 Å². The van der Waals surface area contributed by atoms with Crippen LogP contribution in [0.1, 0.15) is 24.8 Å². The third kappa shape index (κ3) is 3.67. The van der Waals surface area contributed by atoms with Crippen LogP contribution in [-0.4, -0.2) is 5.51 Å². The summed E-state index contributed by atoms with van der Waals surface area (Å²) in [6.45, 7) is 0. The molecule has 0 atom stereocenters. The van der Waals surface area contributed by atoms with Crippen LogP contribution in [0.3, 0.4) is 0 Å². The summed E-state index contributed by atoms with van der Waals surface area (Å²) in [7, 11) is 0. The van der Waals surface area contributed by atoms with Crippen molar-refractivity contribution in [3.8, 4) is 11.8 Å². The zero-order valence-corrected chi connectivity index (χ0v) is 10.2. The van der Waals surface area contributed by atoms with Crippen molar-refractivity contribution in [3.63, 3.8) is 0 Å². The average molecular weight is 274 g/mol. The fourth-order valence-corrected chi connectivity index (χ4v) is 2.19. The Labute approximate surface area is 107 Å². The van der Waals surface area contributed by atoms with Crippen LogP contribution in [0.5, 0.6) is 0 Å². The number of rotatable bonds is 1. The van der Waals surface area contributed by atoms with Crippen molar-refractivity contribution in [2.24, 2.45) is 5.92 Å². The Morgan fingerprint density at radius 1 is 1.22 bits per heavy atom. The quantitative estimate of drug-likeness (QED) is 0.410. The number of benzene rings is 1. The molecule has 0 nitrogen and oxygen atoms in total. The number of halogens is 4. The van der Waals surface area contributed by atoms with Gasteiger partial charge in [0, 0.05) is 16.4 Å². The minimum Gasteiger partial charge on any atom is -0.207 e. The summed E-state index contributed by atoms with van der Waals surface area (Å²) < 4.78 is 49.9. The first-order chi connectivity index (χ1) is 8.44. The van der Waals surface area contributed by atoms with Crippen molar-refractivity contribution in [3.05, 3.63) is 29.6 Å². The van der Waals surface area contributed by atoms with Crippen LogP contribution in [0.4, 0.5) is 17.6 Å². The smallest absolute Gasteiger partial charge is 0.207 e. The topological polar surface area (TPSA) is 0 Å². The Bertz CT molecular complexity index is 492. The highest BCUT2D eigenvalue weighted by Crippen LogP contribution is 2.38. The molecular weight excluding hydrogens is 264 g/mol. The number of hydrogen-bond acceptors (Lipinski definition) is 1. The van der Waals surface area contributed by atoms with Gasteiger partial charge in [0.05, 0.1) is 0 Å². The Hall–Kier alpha value is -1.15. The Morgan fingerprint density at radius 2 is 1.94 bits per heavy atom. The van der Waals surface area contributed by atoms with Crippen LogP contribution in [0.2, 0.25) is 0 Å². The molecule has 1 aromatic rings. The van der Waals surface area contributed by atoms with E-state index in [1.54, 1.807) is 0 Å². The van der Waals surface area contributed by atoms with Gasteiger partial charge in [-0.3, -0.25) is 0 Å². The van der Waals surface area contributed by atoms with Crippen molar-refractivity contribution < 1.29 is 17.6 Å². The number of alkyl halides is 3. The molecule has 0 saturated heterocycles. The highest BCUT2D eigenvalue weighted by Gasteiger charge is 2.30. The van der Waals surface area contributed by atoms with Crippen molar-refractivity contribution in [1.29, 1.82) is 0 Å². The van der Waals surface area contributed by atoms with Crippen LogP contribution in [0, 0.1) is 23.6 Å². The Balaban J connectivity index is 2.24. The second-order valence-electron chi connectivity index (χ2n) is 4.09. The largest absolute Gasteiger partial charge is 0.446 e. The van der Waals surface area contributed by atoms with E-state index in [0.29, 0.717) is 0 Å². The maximum Gasteiger partial charge on any atom is 0.446 e. The molecule has 96 valence electrons. The lowest BCUT2D eigenvalue weighted by Crippen LogP contribution is -2.07. The Kier molecular flexibility index (Phi) is 3.86. The number of hydrogen-bond donors (Lipinski definition) is 0. The van der Waals surface area contributed by atoms with Gasteiger partial charge in [0.1, 0.15) is 5.82 Å². The summed E-state index contributed by atoms with van der Waals surface area (Å²) in [6, 6.07) is 3.31. The summed E-state index contributed by atoms with van der Waals surface area (Å²) in [4.78, 5) is -0.172. The lowest BCUT2D eigenvalue weighted by Gasteiger charge is -2.18. The third-order valence-electron chi connectivity index (χ3n) is 2.69. The predicted octanol–water partition coefficient (Wildman–Crippen LogP) is 4.59. The van der Waals surface area contributed by atoms with E-state index >= 15 is 0 Å². The molecule has 0 aliphatic heterocycles. The van der Waals surface area contributed by atoms with Gasteiger partial charge in [-0.1, -0.05) is 18.3 Å². The van der Waals surface area contributed by atoms with Crippen LogP contribution >= 0.6 is 11.8 Å². The summed E-state index contributed by atoms with van der Waals surface area (Å²) >= 11 is -0.324. The molecule has 18 heavy (non-hydrogen) atoms. The molecule has 0 N–H and O–H groups in total. The molecule has 2 rings (SSSR count). The van der Waals surface area contributed by atoms with Gasteiger partial charge >= 0.3 is 5.51 Å². The van der Waals surface area contributed by atoms with Crippen molar-refractivity contribution in [2.75, 3.05) is 0 Å². The fourth-order valence-electron chi connectivity index (χ4n) is 1.54. The average Bonchev–Trinajstić information content (AvgIpc) is 2.16. The molecule has 0 aromatic heterocycles. The number of thioether (sulfide) groups is 1. The van der Waals surface area contributed by atoms with E-state index in [1.807, 2.05) is 0 Å². The highest BCUT2D eigenvalue weighted by atomic mass is 32.2. The van der Waals surface area contributed by atoms with E-state index in [2.05, 4.69) is 11.8 Å². The maximum atomic E-state index is 13.0. The lowest BCUT2D eigenvalue weighted by molar-refractivity contribution is -0.0328. The summed E-state index contributed by atoms with van der Waals surface area (Å²) in [6.07, 6.45) is 3.11. The van der Waals surface area contributed by atoms with Crippen LogP contribution in [0.15, 0.2) is 23.1 Å². The van der Waals surface area contributed by atoms with Crippen LogP contribution < -0.4 is 0 Å². The van der Waals surface area contributed by atoms with Gasteiger partial charge in [-0.05, 0) is 42.8 Å². The zero-order valence-electron chi connectivity index (χ0n) is 9.35. The fraction of sp³-hybridized carbons (Fsp3) is 0.385. The predicted molar refractivity (Wildman–Crippen MR) is 62.5 cm³/mol. The lowest BCUT2D eigenvalue weighted by atomic mass is 9.86. The summed E-state index contributed by atoms with van der Waals surface area (Å²) in [5, 5.41) is 0. The van der Waals surface area contributed by atoms with E-state index in [4.69, 9.17) is 0 Å². The summed E-state index contributed by atoms with van der Waals surface area (Å²) in [5.41, 5.74) is -4.19. The Morgan fingerprint density at radius 3 is 2.50 bits per heavy atom. The van der Waals surface area contributed by atoms with Crippen LogP contribution in [0.25, 0.3) is 0 Å². The van der Waals surface area contributed by atoms with Gasteiger partial charge in [-0.15, -0.1) is 0 Å². The van der Waals surface area contributed by atoms with E-state index in [0.717, 1.165) is 31.4 Å². The minimum absolute atomic E-state index is 0.172. The van der Waals surface area contributed by atoms with Gasteiger partial charge < -0.3 is 0 Å². The third-order valence-corrected chi connectivity index (χ3v) is 3.47. The highest BCUT2D eigenvalue weighted by molar-refractivity contribution is 8.00. The molecule has 0 heterocycles. The van der Waals surface area contributed by atoms with Crippen molar-refractivity contribution in [1.82, 2.24) is 0 Å². The monoisotopic (exact) mass is 274 g/mol. The van der Waals surface area contributed by atoms with Crippen molar-refractivity contribution in [2.45, 2.75) is 29.7 Å². The van der Waals surface area contributed by atoms with E-state index < -0.39 is 11.3 Å². The molecule has 5 heteroatoms. The molecule has 0 spiro atoms. The van der Waals surface area contributed by atoms with Gasteiger partial charge in [-0.25, -0.2) is 4.39 Å². The first kappa shape index (κ1) is 13.3. The zero-order chi connectivity index (χ0) is 13.2. The summed E-state index contributed by atoms with van der Waals surface area (Å²) in [5.74, 6) is 5.25. The first-order valence-corrected chi connectivity index (χ1v) is 6.32. The molecule has 0 radical (unpaired) electrons. The SMILES string of the molecule is Fc1ccc(C#CC2CCC2)c(SC(F)(F)F)c1. The standard InChI is InChI=1S/C13H10F4S/c14-11-7-6-10(5-4-9-2-1-3-9)12(8-11)18-13(15,16)17/h6-9H,1-3H2. The molecular formula is C13H10F4S.